The Balaban J connectivity index is 1.29. The molecule has 1 aromatic heterocycles. The van der Waals surface area contributed by atoms with Crippen LogP contribution >= 0.6 is 0 Å². The van der Waals surface area contributed by atoms with E-state index in [0.717, 1.165) is 55.6 Å². The second-order valence-corrected chi connectivity index (χ2v) is 8.13. The predicted octanol–water partition coefficient (Wildman–Crippen LogP) is 4.07. The number of pyridine rings is 1. The lowest BCUT2D eigenvalue weighted by Gasteiger charge is -2.35. The molecule has 2 heterocycles. The minimum Gasteiger partial charge on any atom is -0.497 e. The van der Waals surface area contributed by atoms with E-state index < -0.39 is 0 Å². The molecule has 3 aromatic rings. The van der Waals surface area contributed by atoms with Gasteiger partial charge in [0.15, 0.2) is 11.5 Å². The smallest absolute Gasteiger partial charge is 0.323 e. The molecule has 35 heavy (non-hydrogen) atoms. The quantitative estimate of drug-likeness (QED) is 0.506. The number of methoxy groups -OCH3 is 3. The Morgan fingerprint density at radius 3 is 2.34 bits per heavy atom. The van der Waals surface area contributed by atoms with Crippen molar-refractivity contribution in [2.24, 2.45) is 0 Å². The summed E-state index contributed by atoms with van der Waals surface area (Å²) < 4.78 is 16.2. The molecule has 2 N–H and O–H groups in total. The van der Waals surface area contributed by atoms with Crippen LogP contribution in [0.1, 0.15) is 5.56 Å². The third-order valence-electron chi connectivity index (χ3n) is 5.91. The van der Waals surface area contributed by atoms with Crippen LogP contribution < -0.4 is 29.7 Å². The lowest BCUT2D eigenvalue weighted by molar-refractivity contribution is 0.244. The van der Waals surface area contributed by atoms with Gasteiger partial charge in [-0.1, -0.05) is 18.2 Å². The van der Waals surface area contributed by atoms with E-state index in [-0.39, 0.29) is 6.03 Å². The molecule has 1 aliphatic heterocycles. The number of rotatable bonds is 8. The van der Waals surface area contributed by atoms with Crippen molar-refractivity contribution in [3.8, 4) is 17.2 Å². The van der Waals surface area contributed by atoms with Crippen LogP contribution in [0.2, 0.25) is 0 Å². The zero-order valence-electron chi connectivity index (χ0n) is 20.3. The first-order valence-corrected chi connectivity index (χ1v) is 11.4. The summed E-state index contributed by atoms with van der Waals surface area (Å²) in [6.07, 6.45) is 1.67. The van der Waals surface area contributed by atoms with Crippen molar-refractivity contribution in [1.29, 1.82) is 0 Å². The average molecular weight is 478 g/mol. The van der Waals surface area contributed by atoms with Crippen LogP contribution in [0.15, 0.2) is 60.8 Å². The lowest BCUT2D eigenvalue weighted by Crippen LogP contribution is -2.46. The first kappa shape index (κ1) is 24.2. The molecule has 0 saturated carbocycles. The van der Waals surface area contributed by atoms with Gasteiger partial charge >= 0.3 is 6.03 Å². The summed E-state index contributed by atoms with van der Waals surface area (Å²) in [6, 6.07) is 16.6. The number of piperazine rings is 1. The van der Waals surface area contributed by atoms with Gasteiger partial charge in [-0.05, 0) is 30.3 Å². The number of ether oxygens (including phenoxy) is 3. The number of carbonyl (C=O) groups excluding carboxylic acids is 1. The number of nitrogens with one attached hydrogen (secondary N) is 2. The molecule has 0 aliphatic carbocycles. The normalized spacial score (nSPS) is 13.7. The Kier molecular flexibility index (Phi) is 7.89. The molecule has 9 heteroatoms. The molecular formula is C26H31N5O4. The van der Waals surface area contributed by atoms with Gasteiger partial charge in [0.25, 0.3) is 0 Å². The molecule has 0 bridgehead atoms. The summed E-state index contributed by atoms with van der Waals surface area (Å²) in [5.41, 5.74) is 2.38. The van der Waals surface area contributed by atoms with Crippen molar-refractivity contribution in [3.05, 3.63) is 66.4 Å². The first-order valence-electron chi connectivity index (χ1n) is 11.4. The fourth-order valence-electron chi connectivity index (χ4n) is 4.10. The number of nitrogens with zero attached hydrogens (tertiary/aromatic N) is 3. The van der Waals surface area contributed by atoms with Gasteiger partial charge in [-0.15, -0.1) is 0 Å². The van der Waals surface area contributed by atoms with Gasteiger partial charge in [-0.2, -0.15) is 0 Å². The van der Waals surface area contributed by atoms with E-state index in [4.69, 9.17) is 14.2 Å². The van der Waals surface area contributed by atoms with Crippen LogP contribution in [0.5, 0.6) is 17.2 Å². The average Bonchev–Trinajstić information content (AvgIpc) is 2.89. The molecule has 2 aromatic carbocycles. The SMILES string of the molecule is COc1cccc(NC(=O)Nc2ccc(N3CCN(Cc4cccc(OC)c4OC)CC3)nc2)c1. The van der Waals surface area contributed by atoms with Gasteiger partial charge in [0, 0.05) is 50.0 Å². The van der Waals surface area contributed by atoms with Crippen LogP contribution in [0.4, 0.5) is 22.0 Å². The van der Waals surface area contributed by atoms with E-state index in [1.807, 2.05) is 36.4 Å². The van der Waals surface area contributed by atoms with E-state index in [1.54, 1.807) is 39.7 Å². The summed E-state index contributed by atoms with van der Waals surface area (Å²) in [5.74, 6) is 3.11. The molecule has 0 atom stereocenters. The second kappa shape index (κ2) is 11.4. The van der Waals surface area contributed by atoms with Gasteiger partial charge in [-0.3, -0.25) is 4.90 Å². The van der Waals surface area contributed by atoms with E-state index in [9.17, 15) is 4.79 Å². The zero-order valence-corrected chi connectivity index (χ0v) is 20.3. The van der Waals surface area contributed by atoms with E-state index in [1.165, 1.54) is 0 Å². The highest BCUT2D eigenvalue weighted by molar-refractivity contribution is 5.99. The van der Waals surface area contributed by atoms with Gasteiger partial charge in [-0.25, -0.2) is 9.78 Å². The highest BCUT2D eigenvalue weighted by atomic mass is 16.5. The zero-order chi connectivity index (χ0) is 24.6. The van der Waals surface area contributed by atoms with Crippen LogP contribution in [-0.2, 0) is 6.54 Å². The number of urea groups is 1. The number of hydrogen-bond donors (Lipinski definition) is 2. The van der Waals surface area contributed by atoms with Crippen LogP contribution in [0.25, 0.3) is 0 Å². The second-order valence-electron chi connectivity index (χ2n) is 8.13. The van der Waals surface area contributed by atoms with E-state index in [0.29, 0.717) is 17.1 Å². The molecule has 1 fully saturated rings. The molecule has 0 radical (unpaired) electrons. The maximum Gasteiger partial charge on any atom is 0.323 e. The van der Waals surface area contributed by atoms with Gasteiger partial charge in [0.05, 0.1) is 33.2 Å². The summed E-state index contributed by atoms with van der Waals surface area (Å²) in [6.45, 7) is 4.34. The molecule has 0 spiro atoms. The Bertz CT molecular complexity index is 1130. The largest absolute Gasteiger partial charge is 0.497 e. The highest BCUT2D eigenvalue weighted by Gasteiger charge is 2.20. The predicted molar refractivity (Wildman–Crippen MR) is 137 cm³/mol. The maximum atomic E-state index is 12.3. The Morgan fingerprint density at radius 2 is 1.66 bits per heavy atom. The van der Waals surface area contributed by atoms with Crippen molar-refractivity contribution in [3.63, 3.8) is 0 Å². The summed E-state index contributed by atoms with van der Waals surface area (Å²) in [5, 5.41) is 5.60. The molecule has 2 amide bonds. The van der Waals surface area contributed by atoms with Crippen LogP contribution in [-0.4, -0.2) is 63.4 Å². The number of amides is 2. The molecule has 4 rings (SSSR count). The van der Waals surface area contributed by atoms with Crippen molar-refractivity contribution >= 4 is 23.2 Å². The fraction of sp³-hybridized carbons (Fsp3) is 0.308. The maximum absolute atomic E-state index is 12.3. The number of aromatic nitrogens is 1. The van der Waals surface area contributed by atoms with Gasteiger partial charge in [0.2, 0.25) is 0 Å². The molecular weight excluding hydrogens is 446 g/mol. The third kappa shape index (κ3) is 6.13. The van der Waals surface area contributed by atoms with Gasteiger partial charge < -0.3 is 29.7 Å². The number of carbonyl (C=O) groups is 1. The minimum absolute atomic E-state index is 0.339. The fourth-order valence-corrected chi connectivity index (χ4v) is 4.10. The number of benzene rings is 2. The van der Waals surface area contributed by atoms with E-state index >= 15 is 0 Å². The Hall–Kier alpha value is -3.98. The summed E-state index contributed by atoms with van der Waals surface area (Å²) in [4.78, 5) is 21.5. The number of para-hydroxylation sites is 1. The highest BCUT2D eigenvalue weighted by Crippen LogP contribution is 2.31. The number of anilines is 3. The van der Waals surface area contributed by atoms with Crippen molar-refractivity contribution in [1.82, 2.24) is 9.88 Å². The Labute approximate surface area is 205 Å². The number of hydrogen-bond acceptors (Lipinski definition) is 7. The first-order chi connectivity index (χ1) is 17.1. The monoisotopic (exact) mass is 477 g/mol. The topological polar surface area (TPSA) is 88.2 Å². The third-order valence-corrected chi connectivity index (χ3v) is 5.91. The molecule has 1 aliphatic rings. The molecule has 9 nitrogen and oxygen atoms in total. The molecule has 1 saturated heterocycles. The standard InChI is InChI=1S/C26H31N5O4/c1-33-22-8-5-7-20(16-22)28-26(32)29-21-10-11-24(27-17-21)31-14-12-30(13-15-31)18-19-6-4-9-23(34-2)25(19)35-3/h4-11,16-17H,12-15,18H2,1-3H3,(H2,28,29,32). The summed E-state index contributed by atoms with van der Waals surface area (Å²) in [7, 11) is 4.91. The molecule has 184 valence electrons. The van der Waals surface area contributed by atoms with Crippen LogP contribution in [0, 0.1) is 0 Å². The Morgan fingerprint density at radius 1 is 0.886 bits per heavy atom. The molecule has 0 unspecified atom stereocenters. The van der Waals surface area contributed by atoms with E-state index in [2.05, 4.69) is 31.5 Å². The van der Waals surface area contributed by atoms with Gasteiger partial charge in [0.1, 0.15) is 11.6 Å². The summed E-state index contributed by atoms with van der Waals surface area (Å²) >= 11 is 0. The van der Waals surface area contributed by atoms with Crippen molar-refractivity contribution in [2.75, 3.05) is 63.0 Å². The van der Waals surface area contributed by atoms with Crippen molar-refractivity contribution < 1.29 is 19.0 Å². The minimum atomic E-state index is -0.339. The van der Waals surface area contributed by atoms with Crippen molar-refractivity contribution in [2.45, 2.75) is 6.54 Å². The lowest BCUT2D eigenvalue weighted by atomic mass is 10.1. The van der Waals surface area contributed by atoms with Crippen LogP contribution in [0.3, 0.4) is 0 Å².